The lowest BCUT2D eigenvalue weighted by Crippen LogP contribution is -2.26. The summed E-state index contributed by atoms with van der Waals surface area (Å²) in [7, 11) is 0. The van der Waals surface area contributed by atoms with Crippen LogP contribution in [0.3, 0.4) is 0 Å². The van der Waals surface area contributed by atoms with Crippen molar-refractivity contribution in [2.75, 3.05) is 6.61 Å². The number of hydrogen-bond acceptors (Lipinski definition) is 6. The molecule has 0 fully saturated rings. The largest absolute Gasteiger partial charge is 0.464 e. The zero-order valence-electron chi connectivity index (χ0n) is 16.1. The minimum atomic E-state index is -0.800. The van der Waals surface area contributed by atoms with Crippen LogP contribution in [0.15, 0.2) is 88.6 Å². The molecule has 3 heterocycles. The number of furan rings is 1. The SMILES string of the molecule is CCOC(=O)C1N=C(c2ccccc2)OC1c1ccc(CN2C=CC=CC=C2)o1. The van der Waals surface area contributed by atoms with E-state index in [0.717, 1.165) is 11.3 Å². The number of ether oxygens (including phenoxy) is 2. The number of esters is 1. The van der Waals surface area contributed by atoms with E-state index in [-0.39, 0.29) is 6.61 Å². The molecular weight excluding hydrogens is 368 g/mol. The summed E-state index contributed by atoms with van der Waals surface area (Å²) in [5, 5.41) is 0. The summed E-state index contributed by atoms with van der Waals surface area (Å²) in [6.07, 6.45) is 11.1. The van der Waals surface area contributed by atoms with E-state index in [2.05, 4.69) is 4.99 Å². The Labute approximate surface area is 169 Å². The van der Waals surface area contributed by atoms with Crippen molar-refractivity contribution < 1.29 is 18.7 Å². The predicted octanol–water partition coefficient (Wildman–Crippen LogP) is 4.13. The molecule has 2 aliphatic heterocycles. The number of benzene rings is 1. The van der Waals surface area contributed by atoms with Crippen LogP contribution in [-0.2, 0) is 20.8 Å². The number of rotatable bonds is 6. The van der Waals surface area contributed by atoms with Gasteiger partial charge in [-0.3, -0.25) is 0 Å². The first-order chi connectivity index (χ1) is 14.2. The van der Waals surface area contributed by atoms with E-state index in [4.69, 9.17) is 13.9 Å². The fourth-order valence-corrected chi connectivity index (χ4v) is 3.17. The minimum Gasteiger partial charge on any atom is -0.464 e. The molecule has 4 rings (SSSR count). The monoisotopic (exact) mass is 390 g/mol. The fraction of sp³-hybridized carbons (Fsp3) is 0.217. The number of aliphatic imine (C=N–C) groups is 1. The smallest absolute Gasteiger partial charge is 0.335 e. The van der Waals surface area contributed by atoms with Crippen LogP contribution < -0.4 is 0 Å². The summed E-state index contributed by atoms with van der Waals surface area (Å²) in [4.78, 5) is 19.0. The molecule has 2 aliphatic rings. The van der Waals surface area contributed by atoms with Crippen molar-refractivity contribution in [2.24, 2.45) is 4.99 Å². The minimum absolute atomic E-state index is 0.281. The highest BCUT2D eigenvalue weighted by Crippen LogP contribution is 2.33. The first-order valence-corrected chi connectivity index (χ1v) is 9.57. The number of carbonyl (C=O) groups excluding carboxylic acids is 1. The lowest BCUT2D eigenvalue weighted by Gasteiger charge is -2.15. The average molecular weight is 390 g/mol. The van der Waals surface area contributed by atoms with Gasteiger partial charge in [-0.1, -0.05) is 30.4 Å². The van der Waals surface area contributed by atoms with Gasteiger partial charge in [-0.05, 0) is 43.3 Å². The Morgan fingerprint density at radius 3 is 2.55 bits per heavy atom. The van der Waals surface area contributed by atoms with Crippen LogP contribution in [0, 0.1) is 0 Å². The van der Waals surface area contributed by atoms with Gasteiger partial charge in [-0.15, -0.1) is 0 Å². The van der Waals surface area contributed by atoms with Crippen molar-refractivity contribution in [1.29, 1.82) is 0 Å². The number of carbonyl (C=O) groups is 1. The van der Waals surface area contributed by atoms with E-state index in [1.165, 1.54) is 0 Å². The average Bonchev–Trinajstić information content (AvgIpc) is 3.30. The van der Waals surface area contributed by atoms with Gasteiger partial charge in [0.2, 0.25) is 5.90 Å². The Balaban J connectivity index is 1.55. The first-order valence-electron chi connectivity index (χ1n) is 9.57. The number of nitrogens with zero attached hydrogens (tertiary/aromatic N) is 2. The van der Waals surface area contributed by atoms with Crippen LogP contribution in [0.2, 0.25) is 0 Å². The van der Waals surface area contributed by atoms with Crippen LogP contribution in [0.4, 0.5) is 0 Å². The van der Waals surface area contributed by atoms with E-state index in [1.54, 1.807) is 6.92 Å². The highest BCUT2D eigenvalue weighted by atomic mass is 16.5. The first kappa shape index (κ1) is 18.8. The normalized spacial score (nSPS) is 20.3. The molecule has 2 atom stereocenters. The zero-order valence-corrected chi connectivity index (χ0v) is 16.1. The van der Waals surface area contributed by atoms with Gasteiger partial charge in [0.1, 0.15) is 11.5 Å². The molecule has 0 radical (unpaired) electrons. The predicted molar refractivity (Wildman–Crippen MR) is 109 cm³/mol. The van der Waals surface area contributed by atoms with Crippen LogP contribution >= 0.6 is 0 Å². The molecule has 0 N–H and O–H groups in total. The maximum absolute atomic E-state index is 12.5. The van der Waals surface area contributed by atoms with Crippen molar-refractivity contribution in [2.45, 2.75) is 25.6 Å². The molecular formula is C23H22N2O4. The summed E-state index contributed by atoms with van der Waals surface area (Å²) in [5.41, 5.74) is 0.809. The second kappa shape index (κ2) is 8.65. The Morgan fingerprint density at radius 2 is 1.83 bits per heavy atom. The molecule has 0 aliphatic carbocycles. The van der Waals surface area contributed by atoms with Gasteiger partial charge < -0.3 is 18.8 Å². The third-order valence-corrected chi connectivity index (χ3v) is 4.52. The van der Waals surface area contributed by atoms with Crippen LogP contribution in [0.25, 0.3) is 0 Å². The molecule has 148 valence electrons. The molecule has 6 nitrogen and oxygen atoms in total. The van der Waals surface area contributed by atoms with E-state index >= 15 is 0 Å². The Bertz CT molecular complexity index is 956. The topological polar surface area (TPSA) is 64.3 Å². The quantitative estimate of drug-likeness (QED) is 0.694. The highest BCUT2D eigenvalue weighted by Gasteiger charge is 2.41. The standard InChI is InChI=1S/C23H22N2O4/c1-2-27-23(26)20-21(29-22(24-20)17-10-6-5-7-11-17)19-13-12-18(28-19)16-25-14-8-3-4-9-15-25/h3-15,20-21H,2,16H2,1H3. The maximum Gasteiger partial charge on any atom is 0.335 e. The molecule has 1 aromatic carbocycles. The summed E-state index contributed by atoms with van der Waals surface area (Å²) < 4.78 is 17.3. The van der Waals surface area contributed by atoms with Gasteiger partial charge in [0.15, 0.2) is 12.1 Å². The van der Waals surface area contributed by atoms with E-state index in [9.17, 15) is 4.79 Å². The van der Waals surface area contributed by atoms with Crippen molar-refractivity contribution in [1.82, 2.24) is 4.90 Å². The lowest BCUT2D eigenvalue weighted by molar-refractivity contribution is -0.146. The van der Waals surface area contributed by atoms with E-state index in [0.29, 0.717) is 18.2 Å². The van der Waals surface area contributed by atoms with E-state index < -0.39 is 18.1 Å². The van der Waals surface area contributed by atoms with Crippen LogP contribution in [0.5, 0.6) is 0 Å². The van der Waals surface area contributed by atoms with Gasteiger partial charge >= 0.3 is 5.97 Å². The molecule has 0 bridgehead atoms. The van der Waals surface area contributed by atoms with Crippen molar-refractivity contribution >= 4 is 11.9 Å². The third kappa shape index (κ3) is 4.32. The number of hydrogen-bond donors (Lipinski definition) is 0. The highest BCUT2D eigenvalue weighted by molar-refractivity contribution is 5.98. The van der Waals surface area contributed by atoms with Crippen molar-refractivity contribution in [3.8, 4) is 0 Å². The molecule has 0 amide bonds. The molecule has 0 spiro atoms. The molecule has 0 saturated carbocycles. The Kier molecular flexibility index (Phi) is 5.61. The molecule has 29 heavy (non-hydrogen) atoms. The number of allylic oxidation sites excluding steroid dienone is 4. The van der Waals surface area contributed by atoms with Crippen LogP contribution in [0.1, 0.15) is 30.1 Å². The zero-order chi connectivity index (χ0) is 20.1. The molecule has 1 aromatic heterocycles. The summed E-state index contributed by atoms with van der Waals surface area (Å²) >= 11 is 0. The van der Waals surface area contributed by atoms with Crippen molar-refractivity contribution in [3.05, 3.63) is 96.3 Å². The third-order valence-electron chi connectivity index (χ3n) is 4.52. The summed E-state index contributed by atoms with van der Waals surface area (Å²) in [6.45, 7) is 2.62. The lowest BCUT2D eigenvalue weighted by atomic mass is 10.1. The fourth-order valence-electron chi connectivity index (χ4n) is 3.17. The molecule has 2 aromatic rings. The van der Waals surface area contributed by atoms with Crippen LogP contribution in [-0.4, -0.2) is 29.4 Å². The Morgan fingerprint density at radius 1 is 1.07 bits per heavy atom. The van der Waals surface area contributed by atoms with Gasteiger partial charge in [0.05, 0.1) is 13.2 Å². The second-order valence-corrected chi connectivity index (χ2v) is 6.58. The summed E-state index contributed by atoms with van der Waals surface area (Å²) in [5.74, 6) is 1.30. The summed E-state index contributed by atoms with van der Waals surface area (Å²) in [6, 6.07) is 12.4. The Hall–Kier alpha value is -3.54. The van der Waals surface area contributed by atoms with Gasteiger partial charge in [-0.25, -0.2) is 9.79 Å². The second-order valence-electron chi connectivity index (χ2n) is 6.58. The molecule has 0 saturated heterocycles. The van der Waals surface area contributed by atoms with E-state index in [1.807, 2.05) is 84.1 Å². The van der Waals surface area contributed by atoms with Gasteiger partial charge in [0.25, 0.3) is 0 Å². The van der Waals surface area contributed by atoms with Gasteiger partial charge in [-0.2, -0.15) is 0 Å². The van der Waals surface area contributed by atoms with Gasteiger partial charge in [0, 0.05) is 18.0 Å². The van der Waals surface area contributed by atoms with Crippen molar-refractivity contribution in [3.63, 3.8) is 0 Å². The molecule has 6 heteroatoms. The molecule has 2 unspecified atom stereocenters. The maximum atomic E-state index is 12.5.